The summed E-state index contributed by atoms with van der Waals surface area (Å²) in [6.45, 7) is 0.794. The molecule has 1 aromatic carbocycles. The van der Waals surface area contributed by atoms with E-state index in [4.69, 9.17) is 32.7 Å². The smallest absolute Gasteiger partial charge is 0.276 e. The maximum atomic E-state index is 6.27. The SMILES string of the molecule is COc1ccc2c(c1OC)CC[n+]1c(Cl)cc(Cl)cc1-2. The maximum absolute atomic E-state index is 6.27. The predicted octanol–water partition coefficient (Wildman–Crippen LogP) is 3.52. The Hall–Kier alpha value is -1.45. The topological polar surface area (TPSA) is 22.3 Å². The molecule has 3 nitrogen and oxygen atoms in total. The van der Waals surface area contributed by atoms with Crippen LogP contribution in [0.1, 0.15) is 5.56 Å². The van der Waals surface area contributed by atoms with Gasteiger partial charge in [-0.1, -0.05) is 11.6 Å². The minimum Gasteiger partial charge on any atom is -0.493 e. The molecule has 3 rings (SSSR count). The Morgan fingerprint density at radius 2 is 1.90 bits per heavy atom. The third kappa shape index (κ3) is 2.02. The molecule has 1 aliphatic heterocycles. The van der Waals surface area contributed by atoms with Crippen LogP contribution in [0.2, 0.25) is 10.2 Å². The fourth-order valence-electron chi connectivity index (χ4n) is 2.71. The highest BCUT2D eigenvalue weighted by Crippen LogP contribution is 2.40. The third-order valence-corrected chi connectivity index (χ3v) is 4.12. The lowest BCUT2D eigenvalue weighted by molar-refractivity contribution is -0.685. The summed E-state index contributed by atoms with van der Waals surface area (Å²) < 4.78 is 12.9. The van der Waals surface area contributed by atoms with Crippen molar-refractivity contribution in [3.8, 4) is 22.8 Å². The van der Waals surface area contributed by atoms with Crippen LogP contribution >= 0.6 is 23.2 Å². The zero-order valence-electron chi connectivity index (χ0n) is 11.2. The lowest BCUT2D eigenvalue weighted by Crippen LogP contribution is -2.41. The molecule has 0 saturated heterocycles. The summed E-state index contributed by atoms with van der Waals surface area (Å²) in [6, 6.07) is 7.62. The van der Waals surface area contributed by atoms with Gasteiger partial charge in [0.25, 0.3) is 5.15 Å². The van der Waals surface area contributed by atoms with Crippen molar-refractivity contribution in [3.05, 3.63) is 40.0 Å². The molecular formula is C15H14Cl2NO2+. The number of methoxy groups -OCH3 is 2. The predicted molar refractivity (Wildman–Crippen MR) is 78.9 cm³/mol. The number of hydrogen-bond acceptors (Lipinski definition) is 2. The second-order valence-electron chi connectivity index (χ2n) is 4.61. The summed E-state index contributed by atoms with van der Waals surface area (Å²) in [6.07, 6.45) is 0.842. The van der Waals surface area contributed by atoms with Crippen LogP contribution < -0.4 is 14.0 Å². The Kier molecular flexibility index (Phi) is 3.48. The summed E-state index contributed by atoms with van der Waals surface area (Å²) >= 11 is 12.4. The van der Waals surface area contributed by atoms with Crippen LogP contribution in [0.5, 0.6) is 11.5 Å². The van der Waals surface area contributed by atoms with Gasteiger partial charge in [-0.3, -0.25) is 0 Å². The van der Waals surface area contributed by atoms with Gasteiger partial charge in [-0.2, -0.15) is 4.57 Å². The number of fused-ring (bicyclic) bond motifs is 3. The van der Waals surface area contributed by atoms with Gasteiger partial charge in [-0.25, -0.2) is 0 Å². The first kappa shape index (κ1) is 13.5. The molecule has 0 spiro atoms. The van der Waals surface area contributed by atoms with E-state index >= 15 is 0 Å². The van der Waals surface area contributed by atoms with Crippen LogP contribution in [-0.4, -0.2) is 14.2 Å². The Labute approximate surface area is 127 Å². The highest BCUT2D eigenvalue weighted by atomic mass is 35.5. The lowest BCUT2D eigenvalue weighted by atomic mass is 9.96. The van der Waals surface area contributed by atoms with Crippen LogP contribution in [0.3, 0.4) is 0 Å². The number of rotatable bonds is 2. The van der Waals surface area contributed by atoms with Gasteiger partial charge in [0, 0.05) is 24.1 Å². The van der Waals surface area contributed by atoms with Crippen LogP contribution in [-0.2, 0) is 13.0 Å². The summed E-state index contributed by atoms with van der Waals surface area (Å²) in [5, 5.41) is 1.27. The summed E-state index contributed by atoms with van der Waals surface area (Å²) in [5.74, 6) is 1.53. The van der Waals surface area contributed by atoms with E-state index in [1.54, 1.807) is 20.3 Å². The largest absolute Gasteiger partial charge is 0.493 e. The molecule has 0 saturated carbocycles. The van der Waals surface area contributed by atoms with Gasteiger partial charge in [0.2, 0.25) is 5.69 Å². The Bertz CT molecular complexity index is 686. The van der Waals surface area contributed by atoms with Crippen LogP contribution in [0.25, 0.3) is 11.3 Å². The van der Waals surface area contributed by atoms with E-state index in [0.29, 0.717) is 10.2 Å². The number of halogens is 2. The average molecular weight is 311 g/mol. The van der Waals surface area contributed by atoms with E-state index < -0.39 is 0 Å². The van der Waals surface area contributed by atoms with Gasteiger partial charge in [0.1, 0.15) is 0 Å². The maximum Gasteiger partial charge on any atom is 0.276 e. The second-order valence-corrected chi connectivity index (χ2v) is 5.43. The molecule has 0 fully saturated rings. The van der Waals surface area contributed by atoms with Crippen molar-refractivity contribution in [3.63, 3.8) is 0 Å². The van der Waals surface area contributed by atoms with Crippen LogP contribution in [0.4, 0.5) is 0 Å². The third-order valence-electron chi connectivity index (χ3n) is 3.59. The van der Waals surface area contributed by atoms with Gasteiger partial charge in [0.15, 0.2) is 18.0 Å². The Balaban J connectivity index is 2.28. The van der Waals surface area contributed by atoms with Crippen molar-refractivity contribution in [1.82, 2.24) is 0 Å². The molecule has 2 heterocycles. The first-order valence-corrected chi connectivity index (χ1v) is 7.04. The first-order valence-electron chi connectivity index (χ1n) is 6.29. The van der Waals surface area contributed by atoms with Crippen LogP contribution in [0.15, 0.2) is 24.3 Å². The molecule has 0 aliphatic carbocycles. The second kappa shape index (κ2) is 5.15. The van der Waals surface area contributed by atoms with Crippen molar-refractivity contribution >= 4 is 23.2 Å². The number of benzene rings is 1. The average Bonchev–Trinajstić information content (AvgIpc) is 2.45. The van der Waals surface area contributed by atoms with E-state index in [2.05, 4.69) is 4.57 Å². The van der Waals surface area contributed by atoms with E-state index in [1.165, 1.54) is 0 Å². The van der Waals surface area contributed by atoms with Crippen LogP contribution in [0, 0.1) is 0 Å². The van der Waals surface area contributed by atoms with Gasteiger partial charge < -0.3 is 9.47 Å². The molecule has 2 aromatic rings. The molecule has 1 aliphatic rings. The van der Waals surface area contributed by atoms with Crippen molar-refractivity contribution < 1.29 is 14.0 Å². The molecule has 104 valence electrons. The van der Waals surface area contributed by atoms with E-state index in [0.717, 1.165) is 41.3 Å². The molecule has 20 heavy (non-hydrogen) atoms. The monoisotopic (exact) mass is 310 g/mol. The minimum atomic E-state index is 0.629. The molecular weight excluding hydrogens is 297 g/mol. The lowest BCUT2D eigenvalue weighted by Gasteiger charge is -2.20. The molecule has 0 radical (unpaired) electrons. The highest BCUT2D eigenvalue weighted by molar-refractivity contribution is 6.33. The highest BCUT2D eigenvalue weighted by Gasteiger charge is 2.29. The number of pyridine rings is 1. The van der Waals surface area contributed by atoms with Gasteiger partial charge in [-0.05, 0) is 23.7 Å². The van der Waals surface area contributed by atoms with E-state index in [1.807, 2.05) is 18.2 Å². The molecule has 0 unspecified atom stereocenters. The fraction of sp³-hybridized carbons (Fsp3) is 0.267. The fourth-order valence-corrected chi connectivity index (χ4v) is 3.27. The first-order chi connectivity index (χ1) is 9.65. The summed E-state index contributed by atoms with van der Waals surface area (Å²) in [7, 11) is 3.30. The molecule has 5 heteroatoms. The van der Waals surface area contributed by atoms with Crippen molar-refractivity contribution in [1.29, 1.82) is 0 Å². The molecule has 0 amide bonds. The zero-order chi connectivity index (χ0) is 14.3. The van der Waals surface area contributed by atoms with Crippen molar-refractivity contribution in [2.75, 3.05) is 14.2 Å². The summed E-state index contributed by atoms with van der Waals surface area (Å²) in [5.41, 5.74) is 3.22. The summed E-state index contributed by atoms with van der Waals surface area (Å²) in [4.78, 5) is 0. The molecule has 0 atom stereocenters. The van der Waals surface area contributed by atoms with E-state index in [9.17, 15) is 0 Å². The van der Waals surface area contributed by atoms with Gasteiger partial charge >= 0.3 is 0 Å². The molecule has 0 bridgehead atoms. The van der Waals surface area contributed by atoms with E-state index in [-0.39, 0.29) is 0 Å². The quantitative estimate of drug-likeness (QED) is 0.625. The molecule has 1 aromatic heterocycles. The van der Waals surface area contributed by atoms with Crippen molar-refractivity contribution in [2.24, 2.45) is 0 Å². The Morgan fingerprint density at radius 1 is 1.10 bits per heavy atom. The van der Waals surface area contributed by atoms with Crippen molar-refractivity contribution in [2.45, 2.75) is 13.0 Å². The standard InChI is InChI=1S/C15H14Cl2NO2/c1-19-13-4-3-10-11(15(13)20-2)5-6-18-12(10)7-9(16)8-14(18)17/h3-4,7-8H,5-6H2,1-2H3/q+1. The number of nitrogens with zero attached hydrogens (tertiary/aromatic N) is 1. The minimum absolute atomic E-state index is 0.629. The number of ether oxygens (including phenoxy) is 2. The van der Waals surface area contributed by atoms with Gasteiger partial charge in [-0.15, -0.1) is 0 Å². The Morgan fingerprint density at radius 3 is 2.60 bits per heavy atom. The number of hydrogen-bond donors (Lipinski definition) is 0. The van der Waals surface area contributed by atoms with Gasteiger partial charge in [0.05, 0.1) is 24.8 Å². The normalized spacial score (nSPS) is 12.6. The molecule has 0 N–H and O–H groups in total. The zero-order valence-corrected chi connectivity index (χ0v) is 12.8. The number of aromatic nitrogens is 1.